The van der Waals surface area contributed by atoms with E-state index in [1.54, 1.807) is 12.5 Å². The maximum absolute atomic E-state index is 12.4. The van der Waals surface area contributed by atoms with Crippen LogP contribution in [0.3, 0.4) is 0 Å². The third kappa shape index (κ3) is 4.77. The lowest BCUT2D eigenvalue weighted by Gasteiger charge is -2.35. The van der Waals surface area contributed by atoms with Gasteiger partial charge in [0.1, 0.15) is 5.58 Å². The zero-order valence-electron chi connectivity index (χ0n) is 15.8. The Kier molecular flexibility index (Phi) is 5.99. The maximum atomic E-state index is 12.4. The molecule has 1 N–H and O–H groups in total. The first-order valence-electron chi connectivity index (χ1n) is 9.72. The second-order valence-corrected chi connectivity index (χ2v) is 7.12. The zero-order chi connectivity index (χ0) is 19.2. The topological polar surface area (TPSA) is 67.6 Å². The van der Waals surface area contributed by atoms with E-state index < -0.39 is 0 Å². The number of ether oxygens (including phenoxy) is 1. The summed E-state index contributed by atoms with van der Waals surface area (Å²) < 4.78 is 11.1. The largest absolute Gasteiger partial charge is 0.464 e. The van der Waals surface area contributed by atoms with Gasteiger partial charge >= 0.3 is 0 Å². The fourth-order valence-corrected chi connectivity index (χ4v) is 3.60. The Balaban J connectivity index is 1.30. The molecule has 1 amide bonds. The van der Waals surface area contributed by atoms with Crippen molar-refractivity contribution in [2.24, 2.45) is 0 Å². The predicted molar refractivity (Wildman–Crippen MR) is 107 cm³/mol. The van der Waals surface area contributed by atoms with Gasteiger partial charge in [0.15, 0.2) is 0 Å². The van der Waals surface area contributed by atoms with Crippen molar-refractivity contribution in [2.75, 3.05) is 26.3 Å². The van der Waals surface area contributed by atoms with Gasteiger partial charge in [-0.15, -0.1) is 0 Å². The van der Waals surface area contributed by atoms with Crippen LogP contribution in [-0.4, -0.2) is 48.1 Å². The minimum atomic E-state index is 0.0571. The predicted octanol–water partition coefficient (Wildman–Crippen LogP) is 2.78. The van der Waals surface area contributed by atoms with Crippen LogP contribution in [0.25, 0.3) is 11.0 Å². The quantitative estimate of drug-likeness (QED) is 0.684. The van der Waals surface area contributed by atoms with E-state index in [1.807, 2.05) is 30.3 Å². The number of rotatable bonds is 7. The minimum absolute atomic E-state index is 0.0571. The van der Waals surface area contributed by atoms with Crippen LogP contribution in [0, 0.1) is 0 Å². The minimum Gasteiger partial charge on any atom is -0.464 e. The summed E-state index contributed by atoms with van der Waals surface area (Å²) in [5.41, 5.74) is 3.10. The number of benzene rings is 1. The fourth-order valence-electron chi connectivity index (χ4n) is 3.60. The molecule has 0 spiro atoms. The van der Waals surface area contributed by atoms with Crippen LogP contribution in [-0.2, 0) is 22.5 Å². The molecule has 1 saturated heterocycles. The smallest absolute Gasteiger partial charge is 0.221 e. The van der Waals surface area contributed by atoms with Crippen molar-refractivity contribution in [3.8, 4) is 0 Å². The number of pyridine rings is 1. The Morgan fingerprint density at radius 1 is 1.25 bits per heavy atom. The monoisotopic (exact) mass is 379 g/mol. The number of aromatic nitrogens is 1. The van der Waals surface area contributed by atoms with E-state index in [1.165, 1.54) is 5.56 Å². The number of hydrogen-bond donors (Lipinski definition) is 1. The molecule has 1 unspecified atom stereocenters. The number of carbonyl (C=O) groups is 1. The molecule has 3 aromatic rings. The van der Waals surface area contributed by atoms with Crippen LogP contribution in [0.15, 0.2) is 59.3 Å². The Hall–Kier alpha value is -2.70. The maximum Gasteiger partial charge on any atom is 0.221 e. The van der Waals surface area contributed by atoms with E-state index in [0.717, 1.165) is 36.2 Å². The number of carbonyl (C=O) groups excluding carboxylic acids is 1. The first kappa shape index (κ1) is 18.7. The number of hydrogen-bond acceptors (Lipinski definition) is 5. The summed E-state index contributed by atoms with van der Waals surface area (Å²) in [6.07, 6.45) is 4.66. The van der Waals surface area contributed by atoms with Crippen LogP contribution < -0.4 is 5.32 Å². The highest BCUT2D eigenvalue weighted by Crippen LogP contribution is 2.20. The van der Waals surface area contributed by atoms with Crippen LogP contribution in [0.5, 0.6) is 0 Å². The van der Waals surface area contributed by atoms with Crippen LogP contribution in [0.4, 0.5) is 0 Å². The summed E-state index contributed by atoms with van der Waals surface area (Å²) in [4.78, 5) is 19.0. The van der Waals surface area contributed by atoms with Crippen LogP contribution in [0.2, 0.25) is 0 Å². The summed E-state index contributed by atoms with van der Waals surface area (Å²) in [6.45, 7) is 3.51. The molecule has 0 bridgehead atoms. The van der Waals surface area contributed by atoms with Crippen molar-refractivity contribution < 1.29 is 13.9 Å². The van der Waals surface area contributed by atoms with Crippen molar-refractivity contribution in [3.63, 3.8) is 0 Å². The van der Waals surface area contributed by atoms with Gasteiger partial charge in [0, 0.05) is 55.8 Å². The second-order valence-electron chi connectivity index (χ2n) is 7.12. The summed E-state index contributed by atoms with van der Waals surface area (Å²) in [5, 5.41) is 4.12. The van der Waals surface area contributed by atoms with E-state index in [-0.39, 0.29) is 11.9 Å². The van der Waals surface area contributed by atoms with Crippen LogP contribution >= 0.6 is 0 Å². The molecular formula is C22H25N3O3. The molecule has 1 atom stereocenters. The van der Waals surface area contributed by atoms with Crippen molar-refractivity contribution in [1.29, 1.82) is 0 Å². The molecule has 1 aromatic carbocycles. The molecule has 0 aliphatic carbocycles. The van der Waals surface area contributed by atoms with Gasteiger partial charge in [-0.2, -0.15) is 0 Å². The number of furan rings is 1. The molecule has 3 heterocycles. The number of morpholine rings is 1. The van der Waals surface area contributed by atoms with Crippen molar-refractivity contribution in [2.45, 2.75) is 25.4 Å². The molecule has 1 fully saturated rings. The highest BCUT2D eigenvalue weighted by atomic mass is 16.5. The molecule has 4 rings (SSSR count). The Labute approximate surface area is 164 Å². The third-order valence-corrected chi connectivity index (χ3v) is 5.10. The normalized spacial score (nSPS) is 17.6. The van der Waals surface area contributed by atoms with Gasteiger partial charge in [0.25, 0.3) is 0 Å². The molecule has 6 heteroatoms. The molecule has 1 aliphatic heterocycles. The highest BCUT2D eigenvalue weighted by molar-refractivity contribution is 5.78. The lowest BCUT2D eigenvalue weighted by atomic mass is 10.1. The van der Waals surface area contributed by atoms with Crippen molar-refractivity contribution >= 4 is 16.9 Å². The first-order chi connectivity index (χ1) is 13.8. The number of nitrogens with one attached hydrogen (secondary N) is 1. The number of fused-ring (bicyclic) bond motifs is 1. The van der Waals surface area contributed by atoms with E-state index in [9.17, 15) is 4.79 Å². The molecule has 0 radical (unpaired) electrons. The third-order valence-electron chi connectivity index (χ3n) is 5.10. The summed E-state index contributed by atoms with van der Waals surface area (Å²) in [7, 11) is 0. The van der Waals surface area contributed by atoms with E-state index in [4.69, 9.17) is 9.15 Å². The molecule has 2 aromatic heterocycles. The van der Waals surface area contributed by atoms with Gasteiger partial charge in [-0.05, 0) is 35.9 Å². The van der Waals surface area contributed by atoms with Crippen molar-refractivity contribution in [3.05, 3.63) is 66.2 Å². The highest BCUT2D eigenvalue weighted by Gasteiger charge is 2.25. The molecular weight excluding hydrogens is 354 g/mol. The molecule has 28 heavy (non-hydrogen) atoms. The van der Waals surface area contributed by atoms with E-state index in [0.29, 0.717) is 26.2 Å². The molecule has 0 saturated carbocycles. The summed E-state index contributed by atoms with van der Waals surface area (Å²) in [6, 6.07) is 14.1. The zero-order valence-corrected chi connectivity index (χ0v) is 15.8. The standard InChI is InChI=1S/C22H25N3O3/c26-22(24-9-6-19-3-1-2-8-23-19)14-20-16-27-12-10-25(20)15-17-4-5-21-18(13-17)7-11-28-21/h1-5,7-8,11,13,20H,6,9-10,12,14-16H2,(H,24,26). The second kappa shape index (κ2) is 8.99. The average molecular weight is 379 g/mol. The van der Waals surface area contributed by atoms with Gasteiger partial charge in [-0.3, -0.25) is 14.7 Å². The Bertz CT molecular complexity index is 910. The lowest BCUT2D eigenvalue weighted by Crippen LogP contribution is -2.47. The van der Waals surface area contributed by atoms with Gasteiger partial charge in [-0.1, -0.05) is 12.1 Å². The summed E-state index contributed by atoms with van der Waals surface area (Å²) in [5.74, 6) is 0.0571. The molecule has 1 aliphatic rings. The fraction of sp³-hybridized carbons (Fsp3) is 0.364. The van der Waals surface area contributed by atoms with Crippen LogP contribution in [0.1, 0.15) is 17.7 Å². The first-order valence-corrected chi connectivity index (χ1v) is 9.72. The SMILES string of the molecule is O=C(CC1COCCN1Cc1ccc2occc2c1)NCCc1ccccn1. The van der Waals surface area contributed by atoms with Gasteiger partial charge < -0.3 is 14.5 Å². The number of nitrogens with zero attached hydrogens (tertiary/aromatic N) is 2. The number of amides is 1. The average Bonchev–Trinajstić information content (AvgIpc) is 3.18. The molecule has 146 valence electrons. The summed E-state index contributed by atoms with van der Waals surface area (Å²) >= 11 is 0. The Morgan fingerprint density at radius 3 is 3.11 bits per heavy atom. The van der Waals surface area contributed by atoms with Crippen molar-refractivity contribution in [1.82, 2.24) is 15.2 Å². The van der Waals surface area contributed by atoms with E-state index >= 15 is 0 Å². The Morgan fingerprint density at radius 2 is 2.21 bits per heavy atom. The molecule has 6 nitrogen and oxygen atoms in total. The van der Waals surface area contributed by atoms with Gasteiger partial charge in [0.05, 0.1) is 19.5 Å². The van der Waals surface area contributed by atoms with Gasteiger partial charge in [-0.25, -0.2) is 0 Å². The van der Waals surface area contributed by atoms with Gasteiger partial charge in [0.2, 0.25) is 5.91 Å². The lowest BCUT2D eigenvalue weighted by molar-refractivity contribution is -0.124. The van der Waals surface area contributed by atoms with E-state index in [2.05, 4.69) is 27.3 Å².